The van der Waals surface area contributed by atoms with Crippen LogP contribution >= 0.6 is 0 Å². The van der Waals surface area contributed by atoms with Gasteiger partial charge < -0.3 is 15.0 Å². The Bertz CT molecular complexity index is 538. The van der Waals surface area contributed by atoms with E-state index in [-0.39, 0.29) is 17.7 Å². The Morgan fingerprint density at radius 3 is 2.71 bits per heavy atom. The lowest BCUT2D eigenvalue weighted by atomic mass is 9.99. The molecule has 0 spiro atoms. The third-order valence-electron chi connectivity index (χ3n) is 4.12. The Labute approximate surface area is 124 Å². The normalized spacial score (nSPS) is 19.8. The summed E-state index contributed by atoms with van der Waals surface area (Å²) in [5.41, 5.74) is 1.53. The second kappa shape index (κ2) is 6.26. The van der Waals surface area contributed by atoms with Gasteiger partial charge >= 0.3 is 0 Å². The molecule has 0 atom stereocenters. The number of carbonyl (C=O) groups is 2. The monoisotopic (exact) mass is 288 g/mol. The topological polar surface area (TPSA) is 58.6 Å². The lowest BCUT2D eigenvalue weighted by Crippen LogP contribution is -2.30. The molecular formula is C16H20N2O3. The standard InChI is InChI=1S/C16H20N2O3/c19-15-6-3-9-18(15)14-5-2-1-4-13(14)17-16(20)12-7-10-21-11-8-12/h1-2,4-5,12H,3,6-11H2,(H,17,20). The van der Waals surface area contributed by atoms with Gasteiger partial charge in [-0.2, -0.15) is 0 Å². The van der Waals surface area contributed by atoms with Gasteiger partial charge in [0.15, 0.2) is 0 Å². The molecule has 0 saturated carbocycles. The van der Waals surface area contributed by atoms with Gasteiger partial charge in [0.05, 0.1) is 11.4 Å². The number of ether oxygens (including phenoxy) is 1. The highest BCUT2D eigenvalue weighted by atomic mass is 16.5. The first-order valence-corrected chi connectivity index (χ1v) is 7.54. The minimum Gasteiger partial charge on any atom is -0.381 e. The second-order valence-electron chi connectivity index (χ2n) is 5.54. The Hall–Kier alpha value is -1.88. The fourth-order valence-electron chi connectivity index (χ4n) is 2.91. The molecule has 0 radical (unpaired) electrons. The van der Waals surface area contributed by atoms with Crippen molar-refractivity contribution in [3.05, 3.63) is 24.3 Å². The third-order valence-corrected chi connectivity index (χ3v) is 4.12. The average Bonchev–Trinajstić information content (AvgIpc) is 2.95. The molecule has 0 bridgehead atoms. The van der Waals surface area contributed by atoms with Crippen LogP contribution in [0.3, 0.4) is 0 Å². The highest BCUT2D eigenvalue weighted by Gasteiger charge is 2.26. The quantitative estimate of drug-likeness (QED) is 0.927. The summed E-state index contributed by atoms with van der Waals surface area (Å²) in [6.45, 7) is 2.01. The van der Waals surface area contributed by atoms with Gasteiger partial charge in [-0.1, -0.05) is 12.1 Å². The Balaban J connectivity index is 1.75. The summed E-state index contributed by atoms with van der Waals surface area (Å²) in [4.78, 5) is 26.0. The molecule has 3 rings (SSSR count). The summed E-state index contributed by atoms with van der Waals surface area (Å²) >= 11 is 0. The van der Waals surface area contributed by atoms with E-state index in [1.54, 1.807) is 4.90 Å². The van der Waals surface area contributed by atoms with Gasteiger partial charge in [0.2, 0.25) is 11.8 Å². The third kappa shape index (κ3) is 3.08. The first-order chi connectivity index (χ1) is 10.3. The zero-order valence-electron chi connectivity index (χ0n) is 12.0. The number of carbonyl (C=O) groups excluding carboxylic acids is 2. The maximum absolute atomic E-state index is 12.3. The van der Waals surface area contributed by atoms with Crippen LogP contribution in [0.15, 0.2) is 24.3 Å². The van der Waals surface area contributed by atoms with Crippen LogP contribution in [0.2, 0.25) is 0 Å². The summed E-state index contributed by atoms with van der Waals surface area (Å²) in [6, 6.07) is 7.52. The number of anilines is 2. The number of para-hydroxylation sites is 2. The summed E-state index contributed by atoms with van der Waals surface area (Å²) in [6.07, 6.45) is 2.98. The van der Waals surface area contributed by atoms with Crippen LogP contribution in [0.1, 0.15) is 25.7 Å². The molecule has 1 aromatic rings. The zero-order valence-corrected chi connectivity index (χ0v) is 12.0. The van der Waals surface area contributed by atoms with Crippen LogP contribution < -0.4 is 10.2 Å². The van der Waals surface area contributed by atoms with Crippen LogP contribution in [-0.4, -0.2) is 31.6 Å². The van der Waals surface area contributed by atoms with Gasteiger partial charge in [-0.15, -0.1) is 0 Å². The van der Waals surface area contributed by atoms with Crippen molar-refractivity contribution in [2.45, 2.75) is 25.7 Å². The van der Waals surface area contributed by atoms with Crippen molar-refractivity contribution in [1.29, 1.82) is 0 Å². The Morgan fingerprint density at radius 2 is 2.00 bits per heavy atom. The van der Waals surface area contributed by atoms with E-state index < -0.39 is 0 Å². The van der Waals surface area contributed by atoms with Crippen molar-refractivity contribution in [3.8, 4) is 0 Å². The molecule has 21 heavy (non-hydrogen) atoms. The molecule has 2 heterocycles. The van der Waals surface area contributed by atoms with Crippen molar-refractivity contribution in [3.63, 3.8) is 0 Å². The van der Waals surface area contributed by atoms with Crippen molar-refractivity contribution in [2.75, 3.05) is 30.0 Å². The van der Waals surface area contributed by atoms with Crippen molar-refractivity contribution >= 4 is 23.2 Å². The number of amides is 2. The molecule has 0 aromatic heterocycles. The van der Waals surface area contributed by atoms with E-state index in [9.17, 15) is 9.59 Å². The molecule has 1 aromatic carbocycles. The van der Waals surface area contributed by atoms with E-state index in [1.807, 2.05) is 24.3 Å². The maximum atomic E-state index is 12.3. The number of rotatable bonds is 3. The smallest absolute Gasteiger partial charge is 0.227 e. The van der Waals surface area contributed by atoms with Gasteiger partial charge in [-0.3, -0.25) is 9.59 Å². The molecule has 1 N–H and O–H groups in total. The van der Waals surface area contributed by atoms with Crippen LogP contribution in [-0.2, 0) is 14.3 Å². The minimum atomic E-state index is 0.00101. The molecule has 112 valence electrons. The molecule has 0 aliphatic carbocycles. The molecule has 2 amide bonds. The van der Waals surface area contributed by atoms with E-state index >= 15 is 0 Å². The van der Waals surface area contributed by atoms with Crippen molar-refractivity contribution in [2.24, 2.45) is 5.92 Å². The lowest BCUT2D eigenvalue weighted by molar-refractivity contribution is -0.122. The zero-order chi connectivity index (χ0) is 14.7. The molecular weight excluding hydrogens is 268 g/mol. The first kappa shape index (κ1) is 14.1. The number of hydrogen-bond acceptors (Lipinski definition) is 3. The average molecular weight is 288 g/mol. The van der Waals surface area contributed by atoms with E-state index in [2.05, 4.69) is 5.32 Å². The fourth-order valence-corrected chi connectivity index (χ4v) is 2.91. The number of benzene rings is 1. The Morgan fingerprint density at radius 1 is 1.24 bits per heavy atom. The highest BCUT2D eigenvalue weighted by Crippen LogP contribution is 2.30. The fraction of sp³-hybridized carbons (Fsp3) is 0.500. The molecule has 2 aliphatic rings. The Kier molecular flexibility index (Phi) is 4.20. The number of nitrogens with zero attached hydrogens (tertiary/aromatic N) is 1. The van der Waals surface area contributed by atoms with E-state index in [4.69, 9.17) is 4.74 Å². The SMILES string of the molecule is O=C(Nc1ccccc1N1CCCC1=O)C1CCOCC1. The van der Waals surface area contributed by atoms with Crippen LogP contribution in [0.25, 0.3) is 0 Å². The van der Waals surface area contributed by atoms with Gasteiger partial charge in [0, 0.05) is 32.1 Å². The summed E-state index contributed by atoms with van der Waals surface area (Å²) in [5.74, 6) is 0.154. The molecule has 2 aliphatic heterocycles. The van der Waals surface area contributed by atoms with Crippen LogP contribution in [0.4, 0.5) is 11.4 Å². The predicted molar refractivity (Wildman–Crippen MR) is 80.2 cm³/mol. The van der Waals surface area contributed by atoms with Gasteiger partial charge in [0.1, 0.15) is 0 Å². The highest BCUT2D eigenvalue weighted by molar-refractivity contribution is 6.02. The largest absolute Gasteiger partial charge is 0.381 e. The van der Waals surface area contributed by atoms with Gasteiger partial charge in [-0.05, 0) is 31.4 Å². The van der Waals surface area contributed by atoms with Gasteiger partial charge in [0.25, 0.3) is 0 Å². The minimum absolute atomic E-state index is 0.00101. The molecule has 2 fully saturated rings. The number of hydrogen-bond donors (Lipinski definition) is 1. The first-order valence-electron chi connectivity index (χ1n) is 7.54. The summed E-state index contributed by atoms with van der Waals surface area (Å²) in [5, 5.41) is 2.99. The predicted octanol–water partition coefficient (Wildman–Crippen LogP) is 2.18. The molecule has 5 nitrogen and oxygen atoms in total. The van der Waals surface area contributed by atoms with E-state index in [0.29, 0.717) is 19.6 Å². The molecule has 2 saturated heterocycles. The maximum Gasteiger partial charge on any atom is 0.227 e. The van der Waals surface area contributed by atoms with Gasteiger partial charge in [-0.25, -0.2) is 0 Å². The van der Waals surface area contributed by atoms with Crippen molar-refractivity contribution < 1.29 is 14.3 Å². The number of nitrogens with one attached hydrogen (secondary N) is 1. The molecule has 0 unspecified atom stereocenters. The summed E-state index contributed by atoms with van der Waals surface area (Å²) < 4.78 is 5.29. The summed E-state index contributed by atoms with van der Waals surface area (Å²) in [7, 11) is 0. The second-order valence-corrected chi connectivity index (χ2v) is 5.54. The van der Waals surface area contributed by atoms with E-state index in [1.165, 1.54) is 0 Å². The van der Waals surface area contributed by atoms with Crippen LogP contribution in [0.5, 0.6) is 0 Å². The van der Waals surface area contributed by atoms with E-state index in [0.717, 1.165) is 37.2 Å². The van der Waals surface area contributed by atoms with Crippen LogP contribution in [0, 0.1) is 5.92 Å². The lowest BCUT2D eigenvalue weighted by Gasteiger charge is -2.24. The molecule has 5 heteroatoms. The van der Waals surface area contributed by atoms with Crippen molar-refractivity contribution in [1.82, 2.24) is 0 Å².